The highest BCUT2D eigenvalue weighted by molar-refractivity contribution is 5.84. The quantitative estimate of drug-likeness (QED) is 0.843. The van der Waals surface area contributed by atoms with E-state index in [1.807, 2.05) is 6.07 Å². The molecule has 88 valence electrons. The van der Waals surface area contributed by atoms with Gasteiger partial charge in [0.25, 0.3) is 0 Å². The molecule has 0 radical (unpaired) electrons. The number of rotatable bonds is 2. The van der Waals surface area contributed by atoms with Gasteiger partial charge in [-0.1, -0.05) is 6.07 Å². The van der Waals surface area contributed by atoms with E-state index in [2.05, 4.69) is 0 Å². The van der Waals surface area contributed by atoms with Crippen molar-refractivity contribution >= 4 is 5.97 Å². The number of carboxylic acids is 1. The van der Waals surface area contributed by atoms with Gasteiger partial charge in [0, 0.05) is 0 Å². The Hall–Kier alpha value is -2.02. The smallest absolute Gasteiger partial charge is 0.328 e. The van der Waals surface area contributed by atoms with E-state index in [-0.39, 0.29) is 0 Å². The summed E-state index contributed by atoms with van der Waals surface area (Å²) in [5.41, 5.74) is 0.000153. The Morgan fingerprint density at radius 3 is 3.00 bits per heavy atom. The molecule has 0 saturated heterocycles. The average molecular weight is 231 g/mol. The number of hydrogen-bond donors (Lipinski definition) is 1. The van der Waals surface area contributed by atoms with Crippen molar-refractivity contribution in [1.82, 2.24) is 0 Å². The van der Waals surface area contributed by atoms with Gasteiger partial charge in [0.05, 0.1) is 12.7 Å². The Morgan fingerprint density at radius 1 is 1.59 bits per heavy atom. The van der Waals surface area contributed by atoms with Crippen LogP contribution in [0.2, 0.25) is 0 Å². The van der Waals surface area contributed by atoms with E-state index in [9.17, 15) is 4.79 Å². The molecule has 1 aliphatic heterocycles. The first-order valence-corrected chi connectivity index (χ1v) is 5.49. The SMILES string of the molecule is CC(C#N)(C(=O)O)c1ccc2c(c1)CCCO2. The molecule has 0 aromatic heterocycles. The molecule has 1 aromatic carbocycles. The highest BCUT2D eigenvalue weighted by Crippen LogP contribution is 2.31. The molecule has 2 rings (SSSR count). The van der Waals surface area contributed by atoms with Crippen LogP contribution in [0.3, 0.4) is 0 Å². The molecule has 0 spiro atoms. The topological polar surface area (TPSA) is 70.3 Å². The maximum absolute atomic E-state index is 11.2. The number of carboxylic acid groups (broad SMARTS) is 1. The number of aliphatic carboxylic acids is 1. The van der Waals surface area contributed by atoms with Crippen molar-refractivity contribution in [1.29, 1.82) is 5.26 Å². The van der Waals surface area contributed by atoms with Crippen LogP contribution < -0.4 is 4.74 Å². The van der Waals surface area contributed by atoms with E-state index in [0.29, 0.717) is 12.2 Å². The summed E-state index contributed by atoms with van der Waals surface area (Å²) >= 11 is 0. The molecule has 0 bridgehead atoms. The molecule has 4 nitrogen and oxygen atoms in total. The number of aryl methyl sites for hydroxylation is 1. The molecule has 0 aliphatic carbocycles. The summed E-state index contributed by atoms with van der Waals surface area (Å²) in [5.74, 6) is -0.331. The molecule has 1 heterocycles. The zero-order valence-electron chi connectivity index (χ0n) is 9.56. The number of ether oxygens (including phenoxy) is 1. The summed E-state index contributed by atoms with van der Waals surface area (Å²) in [6, 6.07) is 7.04. The Balaban J connectivity index is 2.47. The van der Waals surface area contributed by atoms with Crippen LogP contribution in [0.5, 0.6) is 5.75 Å². The Bertz CT molecular complexity index is 504. The maximum Gasteiger partial charge on any atom is 0.328 e. The average Bonchev–Trinajstić information content (AvgIpc) is 2.37. The second kappa shape index (κ2) is 4.10. The monoisotopic (exact) mass is 231 g/mol. The molecule has 1 aliphatic rings. The van der Waals surface area contributed by atoms with E-state index in [1.165, 1.54) is 6.92 Å². The molecular weight excluding hydrogens is 218 g/mol. The zero-order valence-corrected chi connectivity index (χ0v) is 9.56. The summed E-state index contributed by atoms with van der Waals surface area (Å²) in [6.07, 6.45) is 1.79. The van der Waals surface area contributed by atoms with Gasteiger partial charge in [-0.05, 0) is 43.0 Å². The normalized spacial score (nSPS) is 17.2. The molecule has 1 unspecified atom stereocenters. The molecule has 0 saturated carbocycles. The number of nitrogens with zero attached hydrogens (tertiary/aromatic N) is 1. The number of hydrogen-bond acceptors (Lipinski definition) is 3. The molecule has 0 fully saturated rings. The van der Waals surface area contributed by atoms with Crippen molar-refractivity contribution < 1.29 is 14.6 Å². The summed E-state index contributed by atoms with van der Waals surface area (Å²) in [6.45, 7) is 2.11. The molecule has 1 N–H and O–H groups in total. The summed E-state index contributed by atoms with van der Waals surface area (Å²) in [7, 11) is 0. The molecule has 17 heavy (non-hydrogen) atoms. The van der Waals surface area contributed by atoms with E-state index < -0.39 is 11.4 Å². The van der Waals surface area contributed by atoms with Crippen LogP contribution in [0.15, 0.2) is 18.2 Å². The van der Waals surface area contributed by atoms with E-state index in [0.717, 1.165) is 24.2 Å². The fraction of sp³-hybridized carbons (Fsp3) is 0.385. The first-order chi connectivity index (χ1) is 8.08. The standard InChI is InChI=1S/C13H13NO3/c1-13(8-14,12(15)16)10-4-5-11-9(7-10)3-2-6-17-11/h4-5,7H,2-3,6H2,1H3,(H,15,16). The molecule has 1 aromatic rings. The zero-order chi connectivity index (χ0) is 12.5. The lowest BCUT2D eigenvalue weighted by Gasteiger charge is -2.21. The third-order valence-corrected chi connectivity index (χ3v) is 3.14. The number of nitriles is 1. The van der Waals surface area contributed by atoms with Crippen molar-refractivity contribution in [3.05, 3.63) is 29.3 Å². The second-order valence-corrected chi connectivity index (χ2v) is 4.32. The second-order valence-electron chi connectivity index (χ2n) is 4.32. The van der Waals surface area contributed by atoms with E-state index in [1.54, 1.807) is 18.2 Å². The van der Waals surface area contributed by atoms with Gasteiger partial charge in [0.1, 0.15) is 5.75 Å². The third kappa shape index (κ3) is 1.84. The minimum absolute atomic E-state index is 0.511. The van der Waals surface area contributed by atoms with Gasteiger partial charge in [-0.3, -0.25) is 4.79 Å². The molecule has 1 atom stereocenters. The van der Waals surface area contributed by atoms with Crippen LogP contribution in [-0.2, 0) is 16.6 Å². The van der Waals surface area contributed by atoms with Crippen LogP contribution in [0.25, 0.3) is 0 Å². The highest BCUT2D eigenvalue weighted by Gasteiger charge is 2.36. The Kier molecular flexibility index (Phi) is 2.76. The van der Waals surface area contributed by atoms with Gasteiger partial charge in [-0.25, -0.2) is 0 Å². The Labute approximate surface area is 99.4 Å². The van der Waals surface area contributed by atoms with Crippen molar-refractivity contribution in [3.8, 4) is 11.8 Å². The lowest BCUT2D eigenvalue weighted by atomic mass is 9.83. The van der Waals surface area contributed by atoms with E-state index >= 15 is 0 Å². The predicted molar refractivity (Wildman–Crippen MR) is 60.9 cm³/mol. The fourth-order valence-electron chi connectivity index (χ4n) is 1.91. The third-order valence-electron chi connectivity index (χ3n) is 3.14. The predicted octanol–water partition coefficient (Wildman–Crippen LogP) is 1.88. The van der Waals surface area contributed by atoms with Crippen LogP contribution in [-0.4, -0.2) is 17.7 Å². The van der Waals surface area contributed by atoms with Gasteiger partial charge in [0.15, 0.2) is 5.41 Å². The van der Waals surface area contributed by atoms with Crippen LogP contribution in [0.1, 0.15) is 24.5 Å². The minimum atomic E-state index is -1.49. The number of carbonyl (C=O) groups is 1. The van der Waals surface area contributed by atoms with Gasteiger partial charge in [-0.15, -0.1) is 0 Å². The maximum atomic E-state index is 11.2. The van der Waals surface area contributed by atoms with Crippen LogP contribution in [0, 0.1) is 11.3 Å². The van der Waals surface area contributed by atoms with Crippen molar-refractivity contribution in [2.75, 3.05) is 6.61 Å². The molecular formula is C13H13NO3. The summed E-state index contributed by atoms with van der Waals surface area (Å²) in [4.78, 5) is 11.2. The Morgan fingerprint density at radius 2 is 2.35 bits per heavy atom. The van der Waals surface area contributed by atoms with Crippen molar-refractivity contribution in [2.45, 2.75) is 25.2 Å². The fourth-order valence-corrected chi connectivity index (χ4v) is 1.91. The van der Waals surface area contributed by atoms with Gasteiger partial charge >= 0.3 is 5.97 Å². The summed E-state index contributed by atoms with van der Waals surface area (Å²) < 4.78 is 5.45. The number of benzene rings is 1. The first kappa shape index (κ1) is 11.5. The van der Waals surface area contributed by atoms with Crippen LogP contribution in [0.4, 0.5) is 0 Å². The van der Waals surface area contributed by atoms with Gasteiger partial charge < -0.3 is 9.84 Å². The highest BCUT2D eigenvalue weighted by atomic mass is 16.5. The largest absolute Gasteiger partial charge is 0.493 e. The lowest BCUT2D eigenvalue weighted by Crippen LogP contribution is -2.30. The van der Waals surface area contributed by atoms with Crippen molar-refractivity contribution in [3.63, 3.8) is 0 Å². The van der Waals surface area contributed by atoms with Gasteiger partial charge in [0.2, 0.25) is 0 Å². The van der Waals surface area contributed by atoms with Gasteiger partial charge in [-0.2, -0.15) is 5.26 Å². The lowest BCUT2D eigenvalue weighted by molar-refractivity contribution is -0.141. The van der Waals surface area contributed by atoms with Crippen molar-refractivity contribution in [2.24, 2.45) is 0 Å². The first-order valence-electron chi connectivity index (χ1n) is 5.49. The molecule has 4 heteroatoms. The molecule has 0 amide bonds. The van der Waals surface area contributed by atoms with E-state index in [4.69, 9.17) is 15.1 Å². The minimum Gasteiger partial charge on any atom is -0.493 e. The van der Waals surface area contributed by atoms with Crippen LogP contribution >= 0.6 is 0 Å². The number of fused-ring (bicyclic) bond motifs is 1. The summed E-state index contributed by atoms with van der Waals surface area (Å²) in [5, 5.41) is 18.2.